The molecule has 3 fully saturated rings. The van der Waals surface area contributed by atoms with E-state index in [0.717, 1.165) is 31.1 Å². The predicted molar refractivity (Wildman–Crippen MR) is 82.8 cm³/mol. The van der Waals surface area contributed by atoms with Crippen molar-refractivity contribution >= 4 is 11.7 Å². The first-order valence-corrected chi connectivity index (χ1v) is 9.00. The summed E-state index contributed by atoms with van der Waals surface area (Å²) in [7, 11) is 0. The molecule has 1 saturated heterocycles. The summed E-state index contributed by atoms with van der Waals surface area (Å²) in [4.78, 5) is 26.6. The van der Waals surface area contributed by atoms with Crippen LogP contribution in [0.1, 0.15) is 64.7 Å². The molecule has 3 rings (SSSR count). The molecule has 21 heavy (non-hydrogen) atoms. The number of hydrogen-bond acceptors (Lipinski definition) is 2. The first kappa shape index (κ1) is 15.1. The van der Waals surface area contributed by atoms with Gasteiger partial charge in [-0.05, 0) is 37.5 Å². The van der Waals surface area contributed by atoms with E-state index in [1.165, 1.54) is 32.1 Å². The average Bonchev–Trinajstić information content (AvgIpc) is 2.54. The quantitative estimate of drug-likeness (QED) is 0.781. The second kappa shape index (κ2) is 6.50. The van der Waals surface area contributed by atoms with Gasteiger partial charge in [-0.3, -0.25) is 9.59 Å². The first-order chi connectivity index (χ1) is 10.2. The van der Waals surface area contributed by atoms with Crippen molar-refractivity contribution in [3.05, 3.63) is 0 Å². The van der Waals surface area contributed by atoms with Gasteiger partial charge in [0.2, 0.25) is 5.91 Å². The van der Waals surface area contributed by atoms with Crippen LogP contribution in [-0.4, -0.2) is 29.7 Å². The molecular weight excluding hydrogens is 262 g/mol. The van der Waals surface area contributed by atoms with E-state index in [4.69, 9.17) is 0 Å². The number of ketones is 1. The van der Waals surface area contributed by atoms with E-state index >= 15 is 0 Å². The lowest BCUT2D eigenvalue weighted by atomic mass is 9.67. The van der Waals surface area contributed by atoms with Crippen LogP contribution in [0.3, 0.4) is 0 Å². The van der Waals surface area contributed by atoms with Crippen LogP contribution in [0.2, 0.25) is 0 Å². The van der Waals surface area contributed by atoms with Crippen LogP contribution in [-0.2, 0) is 9.59 Å². The maximum absolute atomic E-state index is 12.8. The van der Waals surface area contributed by atoms with Gasteiger partial charge in [-0.15, -0.1) is 0 Å². The minimum Gasteiger partial charge on any atom is -0.341 e. The number of Topliss-reactive ketones (excluding diaryl/α,β-unsaturated/α-hetero) is 1. The van der Waals surface area contributed by atoms with Crippen molar-refractivity contribution in [1.82, 2.24) is 4.90 Å². The maximum Gasteiger partial charge on any atom is 0.225 e. The average molecular weight is 291 g/mol. The third-order valence-electron chi connectivity index (χ3n) is 6.22. The molecule has 0 radical (unpaired) electrons. The minimum atomic E-state index is 0.0914. The SMILES string of the molecule is CCC1CN(C(=O)C2CCC3CCCCC3C2)CCC1=O. The number of fused-ring (bicyclic) bond motifs is 1. The standard InChI is InChI=1S/C18H29NO2/c1-2-13-12-19(10-9-17(13)20)18(21)16-8-7-14-5-3-4-6-15(14)11-16/h13-16H,2-12H2,1H3. The third kappa shape index (κ3) is 3.17. The van der Waals surface area contributed by atoms with Crippen molar-refractivity contribution < 1.29 is 9.59 Å². The summed E-state index contributed by atoms with van der Waals surface area (Å²) in [6.45, 7) is 3.40. The normalized spacial score (nSPS) is 37.2. The van der Waals surface area contributed by atoms with Crippen molar-refractivity contribution in [2.75, 3.05) is 13.1 Å². The van der Waals surface area contributed by atoms with E-state index in [2.05, 4.69) is 6.92 Å². The molecule has 0 bridgehead atoms. The Balaban J connectivity index is 1.59. The zero-order chi connectivity index (χ0) is 14.8. The van der Waals surface area contributed by atoms with Crippen LogP contribution >= 0.6 is 0 Å². The molecule has 3 heteroatoms. The van der Waals surface area contributed by atoms with E-state index in [-0.39, 0.29) is 11.8 Å². The summed E-state index contributed by atoms with van der Waals surface area (Å²) in [6.07, 6.45) is 10.4. The molecule has 1 aliphatic heterocycles. The number of rotatable bonds is 2. The summed E-state index contributed by atoms with van der Waals surface area (Å²) in [6, 6.07) is 0. The fourth-order valence-corrected chi connectivity index (χ4v) is 4.82. The Morgan fingerprint density at radius 1 is 1.14 bits per heavy atom. The van der Waals surface area contributed by atoms with Crippen molar-refractivity contribution in [2.45, 2.75) is 64.7 Å². The molecule has 2 saturated carbocycles. The highest BCUT2D eigenvalue weighted by Crippen LogP contribution is 2.43. The zero-order valence-corrected chi connectivity index (χ0v) is 13.4. The molecule has 0 spiro atoms. The van der Waals surface area contributed by atoms with E-state index in [1.54, 1.807) is 0 Å². The topological polar surface area (TPSA) is 37.4 Å². The predicted octanol–water partition coefficient (Wildman–Crippen LogP) is 3.42. The van der Waals surface area contributed by atoms with Crippen molar-refractivity contribution in [3.8, 4) is 0 Å². The molecule has 0 aromatic heterocycles. The van der Waals surface area contributed by atoms with E-state index in [9.17, 15) is 9.59 Å². The summed E-state index contributed by atoms with van der Waals surface area (Å²) in [5, 5.41) is 0. The number of piperidine rings is 1. The van der Waals surface area contributed by atoms with Gasteiger partial charge in [-0.2, -0.15) is 0 Å². The highest BCUT2D eigenvalue weighted by molar-refractivity contribution is 5.86. The molecule has 4 atom stereocenters. The molecule has 4 unspecified atom stereocenters. The van der Waals surface area contributed by atoms with Gasteiger partial charge in [0.25, 0.3) is 0 Å². The van der Waals surface area contributed by atoms with Gasteiger partial charge >= 0.3 is 0 Å². The van der Waals surface area contributed by atoms with Gasteiger partial charge in [-0.1, -0.05) is 32.6 Å². The Labute approximate surface area is 128 Å². The van der Waals surface area contributed by atoms with Crippen molar-refractivity contribution in [1.29, 1.82) is 0 Å². The molecule has 118 valence electrons. The third-order valence-corrected chi connectivity index (χ3v) is 6.22. The molecule has 0 N–H and O–H groups in total. The summed E-state index contributed by atoms with van der Waals surface area (Å²) in [5.41, 5.74) is 0. The number of amides is 1. The van der Waals surface area contributed by atoms with E-state index < -0.39 is 0 Å². The second-order valence-corrected chi connectivity index (χ2v) is 7.42. The molecular formula is C18H29NO2. The Hall–Kier alpha value is -0.860. The molecule has 1 heterocycles. The van der Waals surface area contributed by atoms with Crippen molar-refractivity contribution in [3.63, 3.8) is 0 Å². The number of carbonyl (C=O) groups excluding carboxylic acids is 2. The first-order valence-electron chi connectivity index (χ1n) is 9.00. The minimum absolute atomic E-state index is 0.0914. The second-order valence-electron chi connectivity index (χ2n) is 7.42. The molecule has 0 aromatic carbocycles. The Kier molecular flexibility index (Phi) is 4.66. The number of hydrogen-bond donors (Lipinski definition) is 0. The van der Waals surface area contributed by atoms with Gasteiger partial charge < -0.3 is 4.90 Å². The van der Waals surface area contributed by atoms with Crippen molar-refractivity contribution in [2.24, 2.45) is 23.7 Å². The Morgan fingerprint density at radius 2 is 1.90 bits per heavy atom. The largest absolute Gasteiger partial charge is 0.341 e. The monoisotopic (exact) mass is 291 g/mol. The number of nitrogens with zero attached hydrogens (tertiary/aromatic N) is 1. The molecule has 2 aliphatic carbocycles. The number of likely N-dealkylation sites (tertiary alicyclic amines) is 1. The van der Waals surface area contributed by atoms with Crippen LogP contribution in [0.15, 0.2) is 0 Å². The maximum atomic E-state index is 12.8. The lowest BCUT2D eigenvalue weighted by molar-refractivity contribution is -0.142. The fourth-order valence-electron chi connectivity index (χ4n) is 4.82. The molecule has 3 nitrogen and oxygen atoms in total. The molecule has 0 aromatic rings. The Bertz CT molecular complexity index is 406. The highest BCUT2D eigenvalue weighted by Gasteiger charge is 2.38. The molecule has 1 amide bonds. The zero-order valence-electron chi connectivity index (χ0n) is 13.4. The number of carbonyl (C=O) groups is 2. The van der Waals surface area contributed by atoms with Gasteiger partial charge in [0, 0.05) is 31.3 Å². The summed E-state index contributed by atoms with van der Waals surface area (Å²) in [5.74, 6) is 2.75. The van der Waals surface area contributed by atoms with Crippen LogP contribution in [0.4, 0.5) is 0 Å². The summed E-state index contributed by atoms with van der Waals surface area (Å²) < 4.78 is 0. The Morgan fingerprint density at radius 3 is 2.67 bits per heavy atom. The molecule has 3 aliphatic rings. The van der Waals surface area contributed by atoms with E-state index in [0.29, 0.717) is 31.2 Å². The van der Waals surface area contributed by atoms with Crippen LogP contribution in [0.5, 0.6) is 0 Å². The fraction of sp³-hybridized carbons (Fsp3) is 0.889. The lowest BCUT2D eigenvalue weighted by Crippen LogP contribution is -2.47. The van der Waals surface area contributed by atoms with Gasteiger partial charge in [-0.25, -0.2) is 0 Å². The summed E-state index contributed by atoms with van der Waals surface area (Å²) >= 11 is 0. The smallest absolute Gasteiger partial charge is 0.225 e. The van der Waals surface area contributed by atoms with Crippen LogP contribution in [0, 0.1) is 23.7 Å². The highest BCUT2D eigenvalue weighted by atomic mass is 16.2. The van der Waals surface area contributed by atoms with Gasteiger partial charge in [0.05, 0.1) is 0 Å². The van der Waals surface area contributed by atoms with Crippen LogP contribution in [0.25, 0.3) is 0 Å². The van der Waals surface area contributed by atoms with Gasteiger partial charge in [0.1, 0.15) is 5.78 Å². The van der Waals surface area contributed by atoms with Gasteiger partial charge in [0.15, 0.2) is 0 Å². The lowest BCUT2D eigenvalue weighted by Gasteiger charge is -2.41. The van der Waals surface area contributed by atoms with Crippen LogP contribution < -0.4 is 0 Å². The van der Waals surface area contributed by atoms with E-state index in [1.807, 2.05) is 4.90 Å².